The fourth-order valence-corrected chi connectivity index (χ4v) is 0.761. The van der Waals surface area contributed by atoms with Crippen LogP contribution in [0.15, 0.2) is 0 Å². The molecule has 0 fully saturated rings. The second-order valence-corrected chi connectivity index (χ2v) is 3.34. The van der Waals surface area contributed by atoms with Crippen LogP contribution in [-0.4, -0.2) is 41.1 Å². The normalized spacial score (nSPS) is 15.7. The minimum Gasteiger partial charge on any atom is -0.331 e. The molecule has 133 valence electrons. The summed E-state index contributed by atoms with van der Waals surface area (Å²) in [6.45, 7) is 0. The van der Waals surface area contributed by atoms with E-state index in [-0.39, 0.29) is 22.4 Å². The average Bonchev–Trinajstić information content (AvgIpc) is 2.12. The number of halogens is 13. The van der Waals surface area contributed by atoms with Gasteiger partial charge >= 0.3 is 36.0 Å². The van der Waals surface area contributed by atoms with E-state index < -0.39 is 36.0 Å². The van der Waals surface area contributed by atoms with Crippen LogP contribution in [0.5, 0.6) is 0 Å². The standard InChI is InChI=1S/C6HF13O.Au/c7-1(8,3(11,12)5(15,16)17)2(9,10)4(13,14)6(18,19)20;/h20H;. The zero-order chi connectivity index (χ0) is 17.0. The van der Waals surface area contributed by atoms with Crippen molar-refractivity contribution in [2.75, 3.05) is 0 Å². The molecule has 1 radical (unpaired) electrons. The second kappa shape index (κ2) is 5.45. The summed E-state index contributed by atoms with van der Waals surface area (Å²) in [6.07, 6.45) is -14.4. The van der Waals surface area contributed by atoms with Crippen LogP contribution in [0.2, 0.25) is 0 Å². The van der Waals surface area contributed by atoms with Crippen LogP contribution in [-0.2, 0) is 22.4 Å². The predicted molar refractivity (Wildman–Crippen MR) is 33.0 cm³/mol. The molecule has 21 heavy (non-hydrogen) atoms. The Labute approximate surface area is 121 Å². The van der Waals surface area contributed by atoms with Gasteiger partial charge in [-0.1, -0.05) is 0 Å². The van der Waals surface area contributed by atoms with Gasteiger partial charge in [0.05, 0.1) is 0 Å². The first kappa shape index (κ1) is 23.1. The maximum Gasteiger partial charge on any atom is 0.460 e. The predicted octanol–water partition coefficient (Wildman–Crippen LogP) is 3.67. The first-order valence-electron chi connectivity index (χ1n) is 3.93. The van der Waals surface area contributed by atoms with Crippen molar-refractivity contribution < 1.29 is 84.6 Å². The van der Waals surface area contributed by atoms with Gasteiger partial charge in [0.1, 0.15) is 0 Å². The van der Waals surface area contributed by atoms with Crippen LogP contribution >= 0.6 is 0 Å². The van der Waals surface area contributed by atoms with E-state index in [2.05, 4.69) is 0 Å². The van der Waals surface area contributed by atoms with Crippen LogP contribution < -0.4 is 0 Å². The smallest absolute Gasteiger partial charge is 0.331 e. The van der Waals surface area contributed by atoms with Crippen LogP contribution in [0, 0.1) is 0 Å². The Hall–Kier alpha value is -0.210. The Morgan fingerprint density at radius 1 is 0.429 bits per heavy atom. The first-order valence-corrected chi connectivity index (χ1v) is 3.93. The van der Waals surface area contributed by atoms with Crippen LogP contribution in [0.3, 0.4) is 0 Å². The number of aliphatic hydroxyl groups is 1. The number of rotatable bonds is 4. The summed E-state index contributed by atoms with van der Waals surface area (Å²) in [4.78, 5) is 0. The maximum absolute atomic E-state index is 12.4. The summed E-state index contributed by atoms with van der Waals surface area (Å²) in [5, 5.41) is 7.29. The Balaban J connectivity index is 0. The zero-order valence-corrected chi connectivity index (χ0v) is 10.8. The first-order chi connectivity index (χ1) is 8.25. The van der Waals surface area contributed by atoms with E-state index in [0.29, 0.717) is 0 Å². The Morgan fingerprint density at radius 2 is 0.667 bits per heavy atom. The van der Waals surface area contributed by atoms with Gasteiger partial charge in [0, 0.05) is 22.4 Å². The van der Waals surface area contributed by atoms with E-state index in [4.69, 9.17) is 5.11 Å². The summed E-state index contributed by atoms with van der Waals surface area (Å²) in [6, 6.07) is 0. The summed E-state index contributed by atoms with van der Waals surface area (Å²) in [5.74, 6) is -31.2. The molecular formula is C6HAuF13O. The Bertz CT molecular complexity index is 330. The zero-order valence-electron chi connectivity index (χ0n) is 8.66. The monoisotopic (exact) mass is 533 g/mol. The molecule has 0 aromatic rings. The fourth-order valence-electron chi connectivity index (χ4n) is 0.761. The molecule has 0 aliphatic rings. The minimum atomic E-state index is -7.96. The van der Waals surface area contributed by atoms with Crippen LogP contribution in [0.4, 0.5) is 57.1 Å². The molecule has 0 amide bonds. The third-order valence-corrected chi connectivity index (χ3v) is 1.92. The van der Waals surface area contributed by atoms with Gasteiger partial charge in [-0.05, 0) is 0 Å². The van der Waals surface area contributed by atoms with Gasteiger partial charge in [0.25, 0.3) is 0 Å². The summed E-state index contributed by atoms with van der Waals surface area (Å²) >= 11 is 0. The summed E-state index contributed by atoms with van der Waals surface area (Å²) in [5.41, 5.74) is 0. The summed E-state index contributed by atoms with van der Waals surface area (Å²) < 4.78 is 156. The van der Waals surface area contributed by atoms with E-state index >= 15 is 0 Å². The van der Waals surface area contributed by atoms with Gasteiger partial charge < -0.3 is 5.11 Å². The number of hydrogen-bond acceptors (Lipinski definition) is 1. The molecule has 1 N–H and O–H groups in total. The SMILES string of the molecule is OC(F)(F)C(F)(F)C(F)(F)C(F)(F)C(F)(F)C(F)(F)F.[Au]. The van der Waals surface area contributed by atoms with E-state index in [1.165, 1.54) is 0 Å². The quantitative estimate of drug-likeness (QED) is 0.433. The number of hydrogen-bond donors (Lipinski definition) is 1. The Kier molecular flexibility index (Phi) is 5.99. The molecule has 0 rings (SSSR count). The third-order valence-electron chi connectivity index (χ3n) is 1.92. The van der Waals surface area contributed by atoms with Gasteiger partial charge in [0.15, 0.2) is 0 Å². The van der Waals surface area contributed by atoms with Crippen molar-refractivity contribution in [2.24, 2.45) is 0 Å². The van der Waals surface area contributed by atoms with Crippen LogP contribution in [0.1, 0.15) is 0 Å². The van der Waals surface area contributed by atoms with Crippen molar-refractivity contribution >= 4 is 0 Å². The fraction of sp³-hybridized carbons (Fsp3) is 1.00. The Morgan fingerprint density at radius 3 is 0.857 bits per heavy atom. The average molecular weight is 533 g/mol. The minimum absolute atomic E-state index is 0. The van der Waals surface area contributed by atoms with Crippen molar-refractivity contribution in [3.05, 3.63) is 0 Å². The summed E-state index contributed by atoms with van der Waals surface area (Å²) in [7, 11) is 0. The molecule has 0 saturated carbocycles. The molecule has 15 heteroatoms. The molecule has 0 aromatic carbocycles. The molecule has 0 bridgehead atoms. The molecule has 0 aliphatic carbocycles. The van der Waals surface area contributed by atoms with Gasteiger partial charge in [-0.15, -0.1) is 0 Å². The van der Waals surface area contributed by atoms with E-state index in [1.807, 2.05) is 0 Å². The van der Waals surface area contributed by atoms with E-state index in [9.17, 15) is 57.1 Å². The van der Waals surface area contributed by atoms with Crippen molar-refractivity contribution in [3.63, 3.8) is 0 Å². The molecule has 0 spiro atoms. The van der Waals surface area contributed by atoms with E-state index in [0.717, 1.165) is 0 Å². The third kappa shape index (κ3) is 3.12. The molecule has 0 aromatic heterocycles. The van der Waals surface area contributed by atoms with Crippen molar-refractivity contribution in [1.29, 1.82) is 0 Å². The molecule has 1 nitrogen and oxygen atoms in total. The largest absolute Gasteiger partial charge is 0.460 e. The second-order valence-electron chi connectivity index (χ2n) is 3.34. The van der Waals surface area contributed by atoms with E-state index in [1.54, 1.807) is 0 Å². The molecule has 0 unspecified atom stereocenters. The number of alkyl halides is 13. The molecule has 0 saturated heterocycles. The molecular weight excluding hydrogens is 532 g/mol. The molecule has 0 aliphatic heterocycles. The van der Waals surface area contributed by atoms with Gasteiger partial charge in [0.2, 0.25) is 0 Å². The van der Waals surface area contributed by atoms with Crippen molar-refractivity contribution in [1.82, 2.24) is 0 Å². The molecule has 0 heterocycles. The molecule has 0 atom stereocenters. The van der Waals surface area contributed by atoms with Crippen LogP contribution in [0.25, 0.3) is 0 Å². The van der Waals surface area contributed by atoms with Gasteiger partial charge in [-0.3, -0.25) is 0 Å². The van der Waals surface area contributed by atoms with Crippen molar-refractivity contribution in [3.8, 4) is 0 Å². The van der Waals surface area contributed by atoms with Gasteiger partial charge in [-0.25, -0.2) is 0 Å². The maximum atomic E-state index is 12.4. The topological polar surface area (TPSA) is 20.2 Å². The van der Waals surface area contributed by atoms with Gasteiger partial charge in [-0.2, -0.15) is 57.1 Å². The van der Waals surface area contributed by atoms with Crippen molar-refractivity contribution in [2.45, 2.75) is 36.0 Å².